The Morgan fingerprint density at radius 1 is 0.848 bits per heavy atom. The number of benzene rings is 4. The van der Waals surface area contributed by atoms with Crippen LogP contribution < -0.4 is 24.4 Å². The average Bonchev–Trinajstić information content (AvgIpc) is 3.03. The second-order valence-corrected chi connectivity index (χ2v) is 10.7. The molecular formula is C33H25Cl2N3O8. The summed E-state index contributed by atoms with van der Waals surface area (Å²) in [5.41, 5.74) is 1.78. The maximum Gasteiger partial charge on any atom is 0.335 e. The molecule has 0 unspecified atom stereocenters. The van der Waals surface area contributed by atoms with Crippen molar-refractivity contribution < 1.29 is 33.5 Å². The summed E-state index contributed by atoms with van der Waals surface area (Å²) < 4.78 is 17.4. The number of carbonyl (C=O) groups excluding carboxylic acids is 3. The van der Waals surface area contributed by atoms with Gasteiger partial charge in [-0.25, -0.2) is 9.69 Å². The minimum absolute atomic E-state index is 0.0428. The zero-order valence-corrected chi connectivity index (χ0v) is 25.7. The molecule has 4 aromatic carbocycles. The highest BCUT2D eigenvalue weighted by molar-refractivity contribution is 6.39. The van der Waals surface area contributed by atoms with Gasteiger partial charge < -0.3 is 14.2 Å². The van der Waals surface area contributed by atoms with Crippen molar-refractivity contribution in [3.05, 3.63) is 127 Å². The van der Waals surface area contributed by atoms with E-state index in [1.807, 2.05) is 12.1 Å². The Balaban J connectivity index is 1.34. The number of nitro benzene ring substituents is 1. The zero-order valence-electron chi connectivity index (χ0n) is 24.2. The number of carbonyl (C=O) groups is 3. The minimum Gasteiger partial charge on any atom is -0.490 e. The van der Waals surface area contributed by atoms with Crippen LogP contribution in [0, 0.1) is 10.1 Å². The summed E-state index contributed by atoms with van der Waals surface area (Å²) >= 11 is 12.5. The van der Waals surface area contributed by atoms with Crippen LogP contribution in [0.3, 0.4) is 0 Å². The first-order valence-corrected chi connectivity index (χ1v) is 14.6. The summed E-state index contributed by atoms with van der Waals surface area (Å²) in [5, 5.41) is 13.9. The first-order chi connectivity index (χ1) is 22.1. The number of non-ortho nitro benzene ring substituents is 1. The number of nitrogens with zero attached hydrogens (tertiary/aromatic N) is 2. The normalized spacial score (nSPS) is 13.8. The molecule has 0 atom stereocenters. The number of nitro groups is 1. The molecule has 4 amide bonds. The van der Waals surface area contributed by atoms with Gasteiger partial charge in [-0.15, -0.1) is 0 Å². The molecular weight excluding hydrogens is 637 g/mol. The topological polar surface area (TPSA) is 137 Å². The van der Waals surface area contributed by atoms with Crippen LogP contribution in [0.25, 0.3) is 6.08 Å². The molecule has 1 saturated heterocycles. The Kier molecular flexibility index (Phi) is 9.85. The van der Waals surface area contributed by atoms with E-state index >= 15 is 0 Å². The molecule has 4 aromatic rings. The smallest absolute Gasteiger partial charge is 0.335 e. The molecule has 234 valence electrons. The maximum absolute atomic E-state index is 13.5. The quantitative estimate of drug-likeness (QED) is 0.0776. The van der Waals surface area contributed by atoms with Gasteiger partial charge in [0.2, 0.25) is 0 Å². The molecule has 0 aromatic heterocycles. The van der Waals surface area contributed by atoms with Gasteiger partial charge in [-0.3, -0.25) is 25.0 Å². The fourth-order valence-corrected chi connectivity index (χ4v) is 4.84. The van der Waals surface area contributed by atoms with Crippen LogP contribution >= 0.6 is 23.2 Å². The van der Waals surface area contributed by atoms with E-state index in [4.69, 9.17) is 37.4 Å². The Morgan fingerprint density at radius 2 is 1.48 bits per heavy atom. The molecule has 46 heavy (non-hydrogen) atoms. The van der Waals surface area contributed by atoms with Crippen LogP contribution in [0.15, 0.2) is 90.5 Å². The summed E-state index contributed by atoms with van der Waals surface area (Å²) in [6.45, 7) is 2.34. The van der Waals surface area contributed by atoms with Crippen molar-refractivity contribution in [2.75, 3.05) is 11.5 Å². The van der Waals surface area contributed by atoms with Gasteiger partial charge in [0.1, 0.15) is 24.5 Å². The summed E-state index contributed by atoms with van der Waals surface area (Å²) in [6.07, 6.45) is 1.30. The Bertz CT molecular complexity index is 1830. The lowest BCUT2D eigenvalue weighted by molar-refractivity contribution is -0.384. The minimum atomic E-state index is -0.898. The van der Waals surface area contributed by atoms with Gasteiger partial charge in [0.05, 0.1) is 22.2 Å². The fourth-order valence-electron chi connectivity index (χ4n) is 4.44. The van der Waals surface area contributed by atoms with E-state index in [2.05, 4.69) is 5.32 Å². The highest BCUT2D eigenvalue weighted by Crippen LogP contribution is 2.38. The van der Waals surface area contributed by atoms with E-state index in [-0.39, 0.29) is 53.3 Å². The molecule has 1 aliphatic heterocycles. The molecule has 11 nitrogen and oxygen atoms in total. The number of ether oxygens (including phenoxy) is 3. The van der Waals surface area contributed by atoms with Gasteiger partial charge in [-0.2, -0.15) is 0 Å². The van der Waals surface area contributed by atoms with Crippen molar-refractivity contribution >= 4 is 58.5 Å². The summed E-state index contributed by atoms with van der Waals surface area (Å²) in [7, 11) is 0. The molecule has 0 aliphatic carbocycles. The SMILES string of the molecule is CCOc1cc(/C=C2\C(=O)NC(=O)N(c3ccc(OCc4ccc(Cl)cc4)cc3)C2=O)cc(Cl)c1OCc1ccc([N+](=O)[O-])cc1. The third-order valence-electron chi connectivity index (χ3n) is 6.69. The lowest BCUT2D eigenvalue weighted by atomic mass is 10.1. The number of imide groups is 2. The van der Waals surface area contributed by atoms with Crippen LogP contribution in [-0.2, 0) is 22.8 Å². The van der Waals surface area contributed by atoms with Gasteiger partial charge in [0.25, 0.3) is 17.5 Å². The number of nitrogens with one attached hydrogen (secondary N) is 1. The van der Waals surface area contributed by atoms with Crippen molar-refractivity contribution in [1.82, 2.24) is 5.32 Å². The fraction of sp³-hybridized carbons (Fsp3) is 0.121. The van der Waals surface area contributed by atoms with E-state index in [1.54, 1.807) is 49.4 Å². The van der Waals surface area contributed by atoms with Gasteiger partial charge in [-0.1, -0.05) is 35.3 Å². The molecule has 0 bridgehead atoms. The highest BCUT2D eigenvalue weighted by Gasteiger charge is 2.37. The number of hydrogen-bond acceptors (Lipinski definition) is 8. The van der Waals surface area contributed by atoms with Crippen molar-refractivity contribution in [2.45, 2.75) is 20.1 Å². The predicted octanol–water partition coefficient (Wildman–Crippen LogP) is 7.12. The van der Waals surface area contributed by atoms with Gasteiger partial charge in [0, 0.05) is 17.2 Å². The van der Waals surface area contributed by atoms with Crippen molar-refractivity contribution in [3.8, 4) is 17.2 Å². The van der Waals surface area contributed by atoms with Crippen LogP contribution in [0.1, 0.15) is 23.6 Å². The number of barbiturate groups is 1. The number of urea groups is 1. The molecule has 13 heteroatoms. The molecule has 1 heterocycles. The van der Waals surface area contributed by atoms with Crippen molar-refractivity contribution in [1.29, 1.82) is 0 Å². The Hall–Kier alpha value is -5.39. The number of amides is 4. The largest absolute Gasteiger partial charge is 0.490 e. The maximum atomic E-state index is 13.5. The highest BCUT2D eigenvalue weighted by atomic mass is 35.5. The van der Waals surface area contributed by atoms with Crippen LogP contribution in [0.5, 0.6) is 17.2 Å². The van der Waals surface area contributed by atoms with Gasteiger partial charge >= 0.3 is 6.03 Å². The van der Waals surface area contributed by atoms with Crippen LogP contribution in [0.2, 0.25) is 10.0 Å². The third kappa shape index (κ3) is 7.45. The van der Waals surface area contributed by atoms with E-state index in [0.717, 1.165) is 10.5 Å². The summed E-state index contributed by atoms with van der Waals surface area (Å²) in [4.78, 5) is 50.2. The van der Waals surface area contributed by atoms with E-state index in [1.165, 1.54) is 36.4 Å². The monoisotopic (exact) mass is 661 g/mol. The molecule has 0 saturated carbocycles. The molecule has 1 aliphatic rings. The Morgan fingerprint density at radius 3 is 2.11 bits per heavy atom. The van der Waals surface area contributed by atoms with E-state index < -0.39 is 22.8 Å². The van der Waals surface area contributed by atoms with E-state index in [9.17, 15) is 24.5 Å². The molecule has 1 N–H and O–H groups in total. The van der Waals surface area contributed by atoms with Crippen LogP contribution in [-0.4, -0.2) is 29.4 Å². The van der Waals surface area contributed by atoms with Gasteiger partial charge in [-0.05, 0) is 90.4 Å². The Labute approximate surface area is 273 Å². The van der Waals surface area contributed by atoms with Crippen molar-refractivity contribution in [2.24, 2.45) is 0 Å². The number of halogens is 2. The third-order valence-corrected chi connectivity index (χ3v) is 7.22. The molecule has 0 spiro atoms. The van der Waals surface area contributed by atoms with Gasteiger partial charge in [0.15, 0.2) is 11.5 Å². The second-order valence-electron chi connectivity index (χ2n) is 9.84. The standard InChI is InChI=1S/C33H25Cl2N3O8/c1-2-44-29-17-22(16-28(35)30(29)46-19-21-5-9-25(10-6-21)38(42)43)15-27-31(39)36-33(41)37(32(27)40)24-11-13-26(14-12-24)45-18-20-3-7-23(34)8-4-20/h3-17H,2,18-19H2,1H3,(H,36,39,41)/b27-15+. The zero-order chi connectivity index (χ0) is 32.8. The van der Waals surface area contributed by atoms with Crippen LogP contribution in [0.4, 0.5) is 16.2 Å². The molecule has 1 fully saturated rings. The molecule has 5 rings (SSSR count). The lowest BCUT2D eigenvalue weighted by Crippen LogP contribution is -2.54. The van der Waals surface area contributed by atoms with Crippen molar-refractivity contribution in [3.63, 3.8) is 0 Å². The second kappa shape index (κ2) is 14.1. The predicted molar refractivity (Wildman–Crippen MR) is 171 cm³/mol. The first-order valence-electron chi connectivity index (χ1n) is 13.8. The summed E-state index contributed by atoms with van der Waals surface area (Å²) in [6, 6.07) is 21.5. The molecule has 0 radical (unpaired) electrons. The lowest BCUT2D eigenvalue weighted by Gasteiger charge is -2.26. The number of hydrogen-bond donors (Lipinski definition) is 1. The summed E-state index contributed by atoms with van der Waals surface area (Å²) in [5.74, 6) is -0.754. The first kappa shape index (κ1) is 32.0. The number of anilines is 1. The number of rotatable bonds is 11. The average molecular weight is 662 g/mol. The van der Waals surface area contributed by atoms with E-state index in [0.29, 0.717) is 21.9 Å².